The molecule has 0 bridgehead atoms. The second-order valence-electron chi connectivity index (χ2n) is 5.59. The molecule has 1 saturated heterocycles. The number of piperidine rings is 1. The third-order valence-electron chi connectivity index (χ3n) is 3.83. The van der Waals surface area contributed by atoms with Gasteiger partial charge in [-0.25, -0.2) is 4.98 Å². The Morgan fingerprint density at radius 3 is 3.13 bits per heavy atom. The second kappa shape index (κ2) is 7.45. The van der Waals surface area contributed by atoms with Gasteiger partial charge in [0.25, 0.3) is 0 Å². The Bertz CT molecular complexity index is 646. The molecule has 2 aromatic heterocycles. The average Bonchev–Trinajstić information content (AvgIpc) is 3.03. The van der Waals surface area contributed by atoms with E-state index in [4.69, 9.17) is 0 Å². The summed E-state index contributed by atoms with van der Waals surface area (Å²) < 4.78 is 0. The minimum Gasteiger partial charge on any atom is -0.355 e. The van der Waals surface area contributed by atoms with Crippen LogP contribution in [0, 0.1) is 5.92 Å². The molecule has 1 aliphatic heterocycles. The molecule has 1 N–H and O–H groups in total. The molecule has 2 aromatic rings. The van der Waals surface area contributed by atoms with Crippen LogP contribution in [0.5, 0.6) is 0 Å². The number of anilines is 2. The first-order valence-corrected chi connectivity index (χ1v) is 8.72. The summed E-state index contributed by atoms with van der Waals surface area (Å²) in [6.45, 7) is 3.66. The summed E-state index contributed by atoms with van der Waals surface area (Å²) in [5, 5.41) is 12.6. The highest BCUT2D eigenvalue weighted by molar-refractivity contribution is 7.15. The van der Waals surface area contributed by atoms with Crippen molar-refractivity contribution in [1.82, 2.24) is 20.2 Å². The van der Waals surface area contributed by atoms with Crippen LogP contribution in [0.3, 0.4) is 0 Å². The van der Waals surface area contributed by atoms with Gasteiger partial charge in [0.05, 0.1) is 12.1 Å². The molecule has 1 amide bonds. The lowest BCUT2D eigenvalue weighted by Crippen LogP contribution is -2.41. The molecule has 0 saturated carbocycles. The minimum atomic E-state index is -0.0655. The van der Waals surface area contributed by atoms with Gasteiger partial charge in [0.15, 0.2) is 0 Å². The van der Waals surface area contributed by atoms with Crippen molar-refractivity contribution >= 4 is 28.2 Å². The largest absolute Gasteiger partial charge is 0.355 e. The maximum absolute atomic E-state index is 12.5. The molecule has 1 aliphatic rings. The number of carbonyl (C=O) groups excluding carboxylic acids is 1. The molecule has 1 atom stereocenters. The summed E-state index contributed by atoms with van der Waals surface area (Å²) >= 11 is 1.46. The number of rotatable bonds is 5. The van der Waals surface area contributed by atoms with Gasteiger partial charge in [-0.15, -0.1) is 10.2 Å². The van der Waals surface area contributed by atoms with Crippen molar-refractivity contribution < 1.29 is 4.79 Å². The van der Waals surface area contributed by atoms with E-state index < -0.39 is 0 Å². The summed E-state index contributed by atoms with van der Waals surface area (Å²) in [4.78, 5) is 23.0. The number of hydrogen-bond acceptors (Lipinski definition) is 7. The number of hydrogen-bond donors (Lipinski definition) is 1. The Balaban J connectivity index is 1.60. The molecule has 3 rings (SSSR count). The van der Waals surface area contributed by atoms with Crippen LogP contribution in [-0.4, -0.2) is 39.2 Å². The quantitative estimate of drug-likeness (QED) is 0.903. The lowest BCUT2D eigenvalue weighted by Gasteiger charge is -2.32. The van der Waals surface area contributed by atoms with E-state index in [0.717, 1.165) is 43.1 Å². The van der Waals surface area contributed by atoms with Crippen LogP contribution in [0.15, 0.2) is 18.6 Å². The molecule has 122 valence electrons. The maximum Gasteiger partial charge on any atom is 0.231 e. The summed E-state index contributed by atoms with van der Waals surface area (Å²) in [6.07, 6.45) is 8.84. The topological polar surface area (TPSA) is 83.9 Å². The molecule has 23 heavy (non-hydrogen) atoms. The smallest absolute Gasteiger partial charge is 0.231 e. The highest BCUT2D eigenvalue weighted by atomic mass is 32.1. The van der Waals surface area contributed by atoms with Crippen molar-refractivity contribution in [1.29, 1.82) is 0 Å². The Hall–Kier alpha value is -2.09. The van der Waals surface area contributed by atoms with Crippen LogP contribution in [-0.2, 0) is 11.2 Å². The predicted octanol–water partition coefficient (Wildman–Crippen LogP) is 2.14. The third-order valence-corrected chi connectivity index (χ3v) is 4.73. The van der Waals surface area contributed by atoms with Crippen LogP contribution in [0.2, 0.25) is 0 Å². The first-order chi connectivity index (χ1) is 11.3. The van der Waals surface area contributed by atoms with Gasteiger partial charge in [0, 0.05) is 31.9 Å². The first kappa shape index (κ1) is 15.8. The zero-order valence-corrected chi connectivity index (χ0v) is 13.9. The van der Waals surface area contributed by atoms with E-state index in [9.17, 15) is 4.79 Å². The standard InChI is InChI=1S/C15H20N6OS/c1-2-4-13-19-20-15(23-13)18-14(22)11-5-3-8-21(10-11)12-9-16-6-7-17-12/h6-7,9,11H,2-5,8,10H2,1H3,(H,18,20,22). The summed E-state index contributed by atoms with van der Waals surface area (Å²) in [6, 6.07) is 0. The molecule has 1 unspecified atom stereocenters. The van der Waals surface area contributed by atoms with Crippen molar-refractivity contribution in [3.63, 3.8) is 0 Å². The Labute approximate surface area is 139 Å². The van der Waals surface area contributed by atoms with E-state index in [1.165, 1.54) is 11.3 Å². The second-order valence-corrected chi connectivity index (χ2v) is 6.65. The van der Waals surface area contributed by atoms with Crippen LogP contribution in [0.1, 0.15) is 31.2 Å². The van der Waals surface area contributed by atoms with Gasteiger partial charge in [0.2, 0.25) is 11.0 Å². The first-order valence-electron chi connectivity index (χ1n) is 7.90. The normalized spacial score (nSPS) is 18.0. The van der Waals surface area contributed by atoms with E-state index in [0.29, 0.717) is 11.7 Å². The van der Waals surface area contributed by atoms with E-state index in [1.807, 2.05) is 0 Å². The van der Waals surface area contributed by atoms with Gasteiger partial charge >= 0.3 is 0 Å². The summed E-state index contributed by atoms with van der Waals surface area (Å²) in [7, 11) is 0. The van der Waals surface area contributed by atoms with Crippen LogP contribution < -0.4 is 10.2 Å². The summed E-state index contributed by atoms with van der Waals surface area (Å²) in [5.74, 6) is 0.771. The monoisotopic (exact) mass is 332 g/mol. The molecule has 7 nitrogen and oxygen atoms in total. The van der Waals surface area contributed by atoms with Crippen LogP contribution in [0.25, 0.3) is 0 Å². The van der Waals surface area contributed by atoms with Gasteiger partial charge in [-0.1, -0.05) is 18.3 Å². The van der Waals surface area contributed by atoms with Crippen molar-refractivity contribution in [3.05, 3.63) is 23.6 Å². The molecule has 8 heteroatoms. The number of amides is 1. The molecular weight excluding hydrogens is 312 g/mol. The number of nitrogens with zero attached hydrogens (tertiary/aromatic N) is 5. The van der Waals surface area contributed by atoms with Crippen molar-refractivity contribution in [2.24, 2.45) is 5.92 Å². The lowest BCUT2D eigenvalue weighted by molar-refractivity contribution is -0.120. The molecule has 0 aliphatic carbocycles. The van der Waals surface area contributed by atoms with E-state index in [-0.39, 0.29) is 11.8 Å². The number of nitrogens with one attached hydrogen (secondary N) is 1. The molecule has 0 spiro atoms. The maximum atomic E-state index is 12.5. The molecule has 0 radical (unpaired) electrons. The van der Waals surface area contributed by atoms with Gasteiger partial charge in [-0.2, -0.15) is 0 Å². The predicted molar refractivity (Wildman–Crippen MR) is 89.5 cm³/mol. The molecule has 0 aromatic carbocycles. The lowest BCUT2D eigenvalue weighted by atomic mass is 9.97. The van der Waals surface area contributed by atoms with Crippen molar-refractivity contribution in [2.75, 3.05) is 23.3 Å². The fraction of sp³-hybridized carbons (Fsp3) is 0.533. The number of aryl methyl sites for hydroxylation is 1. The zero-order valence-electron chi connectivity index (χ0n) is 13.1. The van der Waals surface area contributed by atoms with E-state index in [1.54, 1.807) is 18.6 Å². The fourth-order valence-corrected chi connectivity index (χ4v) is 3.52. The van der Waals surface area contributed by atoms with Crippen LogP contribution >= 0.6 is 11.3 Å². The summed E-state index contributed by atoms with van der Waals surface area (Å²) in [5.41, 5.74) is 0. The molecule has 1 fully saturated rings. The average molecular weight is 332 g/mol. The van der Waals surface area contributed by atoms with Gasteiger partial charge in [-0.05, 0) is 19.3 Å². The van der Waals surface area contributed by atoms with Gasteiger partial charge in [0.1, 0.15) is 10.8 Å². The van der Waals surface area contributed by atoms with Crippen molar-refractivity contribution in [3.8, 4) is 0 Å². The minimum absolute atomic E-state index is 0.0118. The van der Waals surface area contributed by atoms with Crippen molar-refractivity contribution in [2.45, 2.75) is 32.6 Å². The fourth-order valence-electron chi connectivity index (χ4n) is 2.68. The Morgan fingerprint density at radius 2 is 2.35 bits per heavy atom. The highest BCUT2D eigenvalue weighted by Gasteiger charge is 2.27. The van der Waals surface area contributed by atoms with E-state index in [2.05, 4.69) is 37.3 Å². The van der Waals surface area contributed by atoms with Gasteiger partial charge in [-0.3, -0.25) is 9.78 Å². The van der Waals surface area contributed by atoms with Crippen LogP contribution in [0.4, 0.5) is 10.9 Å². The molecule has 3 heterocycles. The number of carbonyl (C=O) groups is 1. The Morgan fingerprint density at radius 1 is 1.43 bits per heavy atom. The number of aromatic nitrogens is 4. The third kappa shape index (κ3) is 4.01. The Kier molecular flexibility index (Phi) is 5.12. The molecular formula is C15H20N6OS. The highest BCUT2D eigenvalue weighted by Crippen LogP contribution is 2.23. The zero-order chi connectivity index (χ0) is 16.1. The van der Waals surface area contributed by atoms with E-state index >= 15 is 0 Å². The van der Waals surface area contributed by atoms with Gasteiger partial charge < -0.3 is 10.2 Å². The SMILES string of the molecule is CCCc1nnc(NC(=O)C2CCCN(c3cnccn3)C2)s1.